The third-order valence-electron chi connectivity index (χ3n) is 4.72. The zero-order chi connectivity index (χ0) is 22.6. The third kappa shape index (κ3) is 5.13. The molecule has 2 heterocycles. The van der Waals surface area contributed by atoms with Crippen molar-refractivity contribution in [1.29, 1.82) is 0 Å². The lowest BCUT2D eigenvalue weighted by atomic mass is 10.2. The maximum Gasteiger partial charge on any atom is 0.243 e. The number of sulfonamides is 1. The van der Waals surface area contributed by atoms with Crippen molar-refractivity contribution in [1.82, 2.24) is 9.29 Å². The molecule has 0 atom stereocenters. The second-order valence-electron chi connectivity index (χ2n) is 7.12. The minimum atomic E-state index is -3.65. The van der Waals surface area contributed by atoms with E-state index in [2.05, 4.69) is 10.3 Å². The van der Waals surface area contributed by atoms with Crippen molar-refractivity contribution in [2.24, 2.45) is 0 Å². The highest BCUT2D eigenvalue weighted by Crippen LogP contribution is 2.24. The molecule has 9 heteroatoms. The van der Waals surface area contributed by atoms with Crippen LogP contribution in [-0.4, -0.2) is 30.7 Å². The first kappa shape index (κ1) is 21.9. The number of anilines is 1. The number of hydrogen-bond donors (Lipinski definition) is 1. The maximum atomic E-state index is 12.8. The SMILES string of the molecule is CN(Cc1ccccc1)S(=O)(=O)c1ccc(NC(=O)Cc2csc(-c3ccco3)n2)cc1. The van der Waals surface area contributed by atoms with Crippen molar-refractivity contribution >= 4 is 33.0 Å². The normalized spacial score (nSPS) is 11.6. The predicted octanol–water partition coefficient (Wildman–Crippen LogP) is 4.41. The van der Waals surface area contributed by atoms with Crippen LogP contribution in [0.2, 0.25) is 0 Å². The molecule has 2 aromatic carbocycles. The summed E-state index contributed by atoms with van der Waals surface area (Å²) in [7, 11) is -2.10. The fourth-order valence-corrected chi connectivity index (χ4v) is 5.03. The van der Waals surface area contributed by atoms with Crippen LogP contribution in [0.25, 0.3) is 10.8 Å². The fourth-order valence-electron chi connectivity index (χ4n) is 3.09. The van der Waals surface area contributed by atoms with Crippen LogP contribution >= 0.6 is 11.3 Å². The van der Waals surface area contributed by atoms with Crippen molar-refractivity contribution in [2.45, 2.75) is 17.9 Å². The molecular formula is C23H21N3O4S2. The number of nitrogens with zero attached hydrogens (tertiary/aromatic N) is 2. The van der Waals surface area contributed by atoms with E-state index in [0.29, 0.717) is 22.1 Å². The number of rotatable bonds is 8. The molecule has 7 nitrogen and oxygen atoms in total. The lowest BCUT2D eigenvalue weighted by molar-refractivity contribution is -0.115. The van der Waals surface area contributed by atoms with Crippen LogP contribution in [-0.2, 0) is 27.8 Å². The number of carbonyl (C=O) groups is 1. The van der Waals surface area contributed by atoms with Crippen LogP contribution in [0.1, 0.15) is 11.3 Å². The largest absolute Gasteiger partial charge is 0.462 e. The summed E-state index contributed by atoms with van der Waals surface area (Å²) in [5, 5.41) is 5.31. The first-order valence-electron chi connectivity index (χ1n) is 9.80. The van der Waals surface area contributed by atoms with Gasteiger partial charge in [-0.05, 0) is 42.0 Å². The zero-order valence-electron chi connectivity index (χ0n) is 17.3. The number of carbonyl (C=O) groups excluding carboxylic acids is 1. The highest BCUT2D eigenvalue weighted by molar-refractivity contribution is 7.89. The van der Waals surface area contributed by atoms with Crippen molar-refractivity contribution in [2.75, 3.05) is 12.4 Å². The number of nitrogens with one attached hydrogen (secondary N) is 1. The van der Waals surface area contributed by atoms with E-state index in [4.69, 9.17) is 4.42 Å². The lowest BCUT2D eigenvalue weighted by Crippen LogP contribution is -2.26. The summed E-state index contributed by atoms with van der Waals surface area (Å²) < 4.78 is 32.3. The molecule has 0 bridgehead atoms. The van der Waals surface area contributed by atoms with Gasteiger partial charge in [-0.25, -0.2) is 13.4 Å². The Morgan fingerprint density at radius 1 is 1.06 bits per heavy atom. The fraction of sp³-hybridized carbons (Fsp3) is 0.130. The van der Waals surface area contributed by atoms with Crippen LogP contribution in [0, 0.1) is 0 Å². The van der Waals surface area contributed by atoms with Gasteiger partial charge in [0.1, 0.15) is 0 Å². The first-order valence-corrected chi connectivity index (χ1v) is 12.1. The number of aromatic nitrogens is 1. The van der Waals surface area contributed by atoms with Gasteiger partial charge in [-0.2, -0.15) is 4.31 Å². The molecule has 0 unspecified atom stereocenters. The minimum Gasteiger partial charge on any atom is -0.462 e. The van der Waals surface area contributed by atoms with E-state index in [0.717, 1.165) is 5.56 Å². The van der Waals surface area contributed by atoms with Crippen molar-refractivity contribution in [3.05, 3.63) is 89.6 Å². The molecular weight excluding hydrogens is 446 g/mol. The van der Waals surface area contributed by atoms with Crippen LogP contribution in [0.15, 0.2) is 87.7 Å². The van der Waals surface area contributed by atoms with Gasteiger partial charge >= 0.3 is 0 Å². The molecule has 1 N–H and O–H groups in total. The predicted molar refractivity (Wildman–Crippen MR) is 124 cm³/mol. The van der Waals surface area contributed by atoms with E-state index in [1.807, 2.05) is 41.8 Å². The van der Waals surface area contributed by atoms with Gasteiger partial charge in [-0.1, -0.05) is 30.3 Å². The molecule has 1 amide bonds. The molecule has 164 valence electrons. The number of amides is 1. The van der Waals surface area contributed by atoms with Gasteiger partial charge in [0.05, 0.1) is 23.3 Å². The van der Waals surface area contributed by atoms with E-state index in [-0.39, 0.29) is 23.8 Å². The van der Waals surface area contributed by atoms with Crippen LogP contribution in [0.3, 0.4) is 0 Å². The number of hydrogen-bond acceptors (Lipinski definition) is 6. The molecule has 0 saturated carbocycles. The second-order valence-corrected chi connectivity index (χ2v) is 10.0. The summed E-state index contributed by atoms with van der Waals surface area (Å²) in [5.41, 5.74) is 2.06. The molecule has 0 aliphatic rings. The summed E-state index contributed by atoms with van der Waals surface area (Å²) in [5.74, 6) is 0.425. The summed E-state index contributed by atoms with van der Waals surface area (Å²) in [6.07, 6.45) is 1.68. The molecule has 0 saturated heterocycles. The Labute approximate surface area is 190 Å². The molecule has 0 fully saturated rings. The average Bonchev–Trinajstić information content (AvgIpc) is 3.47. The highest BCUT2D eigenvalue weighted by atomic mass is 32.2. The zero-order valence-corrected chi connectivity index (χ0v) is 18.9. The summed E-state index contributed by atoms with van der Waals surface area (Å²) in [6.45, 7) is 0.273. The van der Waals surface area contributed by atoms with E-state index >= 15 is 0 Å². The standard InChI is InChI=1S/C23H21N3O4S2/c1-26(15-17-6-3-2-4-7-17)32(28,29)20-11-9-18(10-12-20)24-22(27)14-19-16-31-23(25-19)21-8-5-13-30-21/h2-13,16H,14-15H2,1H3,(H,24,27). The summed E-state index contributed by atoms with van der Waals surface area (Å²) in [4.78, 5) is 17.0. The van der Waals surface area contributed by atoms with Crippen LogP contribution in [0.4, 0.5) is 5.69 Å². The number of furan rings is 1. The molecule has 0 aliphatic carbocycles. The maximum absolute atomic E-state index is 12.8. The van der Waals surface area contributed by atoms with Gasteiger partial charge in [0.2, 0.25) is 15.9 Å². The summed E-state index contributed by atoms with van der Waals surface area (Å²) >= 11 is 1.41. The van der Waals surface area contributed by atoms with Crippen molar-refractivity contribution in [3.8, 4) is 10.8 Å². The Kier molecular flexibility index (Phi) is 6.50. The third-order valence-corrected chi connectivity index (χ3v) is 7.44. The molecule has 2 aromatic heterocycles. The Hall–Kier alpha value is -3.27. The Bertz CT molecular complexity index is 1280. The first-order chi connectivity index (χ1) is 15.4. The summed E-state index contributed by atoms with van der Waals surface area (Å²) in [6, 6.07) is 19.1. The Morgan fingerprint density at radius 2 is 1.81 bits per heavy atom. The molecule has 4 rings (SSSR count). The average molecular weight is 468 g/mol. The molecule has 0 aliphatic heterocycles. The van der Waals surface area contributed by atoms with Gasteiger partial charge in [-0.15, -0.1) is 11.3 Å². The smallest absolute Gasteiger partial charge is 0.243 e. The molecule has 4 aromatic rings. The van der Waals surface area contributed by atoms with Crippen LogP contribution in [0.5, 0.6) is 0 Å². The topological polar surface area (TPSA) is 92.5 Å². The highest BCUT2D eigenvalue weighted by Gasteiger charge is 2.21. The Balaban J connectivity index is 1.37. The lowest BCUT2D eigenvalue weighted by Gasteiger charge is -2.17. The molecule has 0 spiro atoms. The minimum absolute atomic E-state index is 0.108. The molecule has 32 heavy (non-hydrogen) atoms. The van der Waals surface area contributed by atoms with Gasteiger partial charge in [0.15, 0.2) is 10.8 Å². The van der Waals surface area contributed by atoms with E-state index in [1.54, 1.807) is 31.5 Å². The van der Waals surface area contributed by atoms with Crippen molar-refractivity contribution in [3.63, 3.8) is 0 Å². The Morgan fingerprint density at radius 3 is 2.50 bits per heavy atom. The monoisotopic (exact) mass is 467 g/mol. The number of benzene rings is 2. The van der Waals surface area contributed by atoms with E-state index in [1.165, 1.54) is 27.8 Å². The quantitative estimate of drug-likeness (QED) is 0.415. The van der Waals surface area contributed by atoms with Gasteiger partial charge in [0.25, 0.3) is 0 Å². The van der Waals surface area contributed by atoms with Gasteiger partial charge in [-0.3, -0.25) is 4.79 Å². The number of thiazole rings is 1. The second kappa shape index (κ2) is 9.47. The van der Waals surface area contributed by atoms with Crippen LogP contribution < -0.4 is 5.32 Å². The van der Waals surface area contributed by atoms with E-state index in [9.17, 15) is 13.2 Å². The van der Waals surface area contributed by atoms with Crippen molar-refractivity contribution < 1.29 is 17.6 Å². The van der Waals surface area contributed by atoms with E-state index < -0.39 is 10.0 Å². The van der Waals surface area contributed by atoms with Gasteiger partial charge < -0.3 is 9.73 Å². The van der Waals surface area contributed by atoms with Gasteiger partial charge in [0, 0.05) is 24.7 Å². The molecule has 0 radical (unpaired) electrons.